The summed E-state index contributed by atoms with van der Waals surface area (Å²) in [6.45, 7) is 4.37. The smallest absolute Gasteiger partial charge is 0.00895 e. The minimum absolute atomic E-state index is 0.556. The Bertz CT molecular complexity index is 165. The van der Waals surface area contributed by atoms with Gasteiger partial charge >= 0.3 is 0 Å². The van der Waals surface area contributed by atoms with E-state index in [1.54, 1.807) is 0 Å². The first-order valence-electron chi connectivity index (χ1n) is 5.43. The van der Waals surface area contributed by atoms with E-state index in [2.05, 4.69) is 11.9 Å². The van der Waals surface area contributed by atoms with Gasteiger partial charge in [-0.15, -0.1) is 0 Å². The van der Waals surface area contributed by atoms with E-state index in [9.17, 15) is 0 Å². The van der Waals surface area contributed by atoms with Gasteiger partial charge in [0.1, 0.15) is 0 Å². The maximum atomic E-state index is 7.68. The summed E-state index contributed by atoms with van der Waals surface area (Å²) >= 11 is 0. The lowest BCUT2D eigenvalue weighted by Gasteiger charge is -2.18. The molecule has 1 heterocycles. The highest BCUT2D eigenvalue weighted by atomic mass is 15.1. The second-order valence-corrected chi connectivity index (χ2v) is 4.32. The molecule has 1 unspecified atom stereocenters. The first kappa shape index (κ1) is 10.7. The Morgan fingerprint density at radius 2 is 1.92 bits per heavy atom. The second-order valence-electron chi connectivity index (χ2n) is 4.32. The van der Waals surface area contributed by atoms with Crippen molar-refractivity contribution in [3.63, 3.8) is 0 Å². The molecule has 0 radical (unpaired) electrons. The van der Waals surface area contributed by atoms with E-state index in [-0.39, 0.29) is 0 Å². The first-order valence-corrected chi connectivity index (χ1v) is 5.43. The maximum Gasteiger partial charge on any atom is 0.00895 e. The molecule has 0 spiro atoms. The molecule has 0 bridgehead atoms. The molecule has 1 saturated heterocycles. The summed E-state index contributed by atoms with van der Waals surface area (Å²) in [5.74, 6) is 0.556. The molecule has 1 rings (SSSR count). The SMILES string of the molecule is CC(=N)C1CCCCCN(C)CC1. The van der Waals surface area contributed by atoms with Crippen LogP contribution in [0.5, 0.6) is 0 Å². The summed E-state index contributed by atoms with van der Waals surface area (Å²) in [6, 6.07) is 0. The van der Waals surface area contributed by atoms with Crippen LogP contribution in [0.2, 0.25) is 0 Å². The van der Waals surface area contributed by atoms with E-state index in [0.29, 0.717) is 5.92 Å². The van der Waals surface area contributed by atoms with Crippen molar-refractivity contribution in [1.82, 2.24) is 4.90 Å². The number of hydrogen-bond donors (Lipinski definition) is 1. The zero-order valence-electron chi connectivity index (χ0n) is 8.97. The van der Waals surface area contributed by atoms with E-state index in [1.165, 1.54) is 45.2 Å². The molecule has 1 fully saturated rings. The lowest BCUT2D eigenvalue weighted by molar-refractivity contribution is 0.320. The molecule has 0 aromatic carbocycles. The fourth-order valence-electron chi connectivity index (χ4n) is 2.01. The molecule has 0 aromatic rings. The molecule has 1 aliphatic heterocycles. The van der Waals surface area contributed by atoms with Crippen molar-refractivity contribution >= 4 is 5.71 Å². The molecule has 13 heavy (non-hydrogen) atoms. The van der Waals surface area contributed by atoms with Gasteiger partial charge in [-0.25, -0.2) is 0 Å². The number of rotatable bonds is 1. The van der Waals surface area contributed by atoms with E-state index in [1.807, 2.05) is 6.92 Å². The average molecular weight is 182 g/mol. The molecule has 1 atom stereocenters. The van der Waals surface area contributed by atoms with Gasteiger partial charge < -0.3 is 10.3 Å². The fourth-order valence-corrected chi connectivity index (χ4v) is 2.01. The van der Waals surface area contributed by atoms with Crippen LogP contribution in [-0.2, 0) is 0 Å². The Morgan fingerprint density at radius 1 is 1.15 bits per heavy atom. The minimum atomic E-state index is 0.556. The monoisotopic (exact) mass is 182 g/mol. The standard InChI is InChI=1S/C11H22N2/c1-10(12)11-6-4-3-5-8-13(2)9-7-11/h11-12H,3-9H2,1-2H3. The first-order chi connectivity index (χ1) is 6.20. The highest BCUT2D eigenvalue weighted by molar-refractivity contribution is 5.81. The Balaban J connectivity index is 2.42. The van der Waals surface area contributed by atoms with Gasteiger partial charge in [-0.05, 0) is 52.2 Å². The molecule has 76 valence electrons. The van der Waals surface area contributed by atoms with Crippen LogP contribution in [0.1, 0.15) is 39.0 Å². The summed E-state index contributed by atoms with van der Waals surface area (Å²) in [6.07, 6.45) is 6.41. The van der Waals surface area contributed by atoms with Crippen molar-refractivity contribution in [1.29, 1.82) is 5.41 Å². The largest absolute Gasteiger partial charge is 0.310 e. The highest BCUT2D eigenvalue weighted by Gasteiger charge is 2.13. The van der Waals surface area contributed by atoms with Crippen LogP contribution in [0.4, 0.5) is 0 Å². The predicted molar refractivity (Wildman–Crippen MR) is 57.5 cm³/mol. The van der Waals surface area contributed by atoms with E-state index in [4.69, 9.17) is 5.41 Å². The van der Waals surface area contributed by atoms with E-state index in [0.717, 1.165) is 5.71 Å². The third-order valence-electron chi connectivity index (χ3n) is 3.06. The number of hydrogen-bond acceptors (Lipinski definition) is 2. The van der Waals surface area contributed by atoms with E-state index < -0.39 is 0 Å². The Hall–Kier alpha value is -0.370. The predicted octanol–water partition coefficient (Wildman–Crippen LogP) is 2.54. The molecule has 1 N–H and O–H groups in total. The van der Waals surface area contributed by atoms with Gasteiger partial charge in [0, 0.05) is 5.71 Å². The summed E-state index contributed by atoms with van der Waals surface area (Å²) < 4.78 is 0. The van der Waals surface area contributed by atoms with Crippen LogP contribution in [0, 0.1) is 11.3 Å². The second kappa shape index (κ2) is 5.38. The van der Waals surface area contributed by atoms with Gasteiger partial charge in [0.25, 0.3) is 0 Å². The van der Waals surface area contributed by atoms with Gasteiger partial charge in [0.15, 0.2) is 0 Å². The number of nitrogens with zero attached hydrogens (tertiary/aromatic N) is 1. The summed E-state index contributed by atoms with van der Waals surface area (Å²) in [5.41, 5.74) is 0.885. The van der Waals surface area contributed by atoms with Gasteiger partial charge in [-0.3, -0.25) is 0 Å². The van der Waals surface area contributed by atoms with Gasteiger partial charge in [-0.2, -0.15) is 0 Å². The van der Waals surface area contributed by atoms with Crippen LogP contribution in [0.25, 0.3) is 0 Å². The zero-order valence-corrected chi connectivity index (χ0v) is 8.97. The zero-order chi connectivity index (χ0) is 9.68. The van der Waals surface area contributed by atoms with Crippen molar-refractivity contribution in [2.45, 2.75) is 39.0 Å². The van der Waals surface area contributed by atoms with E-state index >= 15 is 0 Å². The quantitative estimate of drug-likeness (QED) is 0.620. The third-order valence-corrected chi connectivity index (χ3v) is 3.06. The van der Waals surface area contributed by atoms with Crippen LogP contribution in [0.3, 0.4) is 0 Å². The normalized spacial score (nSPS) is 27.4. The summed E-state index contributed by atoms with van der Waals surface area (Å²) in [5, 5.41) is 7.68. The molecular formula is C11H22N2. The Kier molecular flexibility index (Phi) is 4.43. The van der Waals surface area contributed by atoms with Crippen molar-refractivity contribution < 1.29 is 0 Å². The minimum Gasteiger partial charge on any atom is -0.310 e. The van der Waals surface area contributed by atoms with Gasteiger partial charge in [0.05, 0.1) is 0 Å². The molecule has 2 heteroatoms. The highest BCUT2D eigenvalue weighted by Crippen LogP contribution is 2.17. The van der Waals surface area contributed by atoms with Crippen LogP contribution in [0.15, 0.2) is 0 Å². The molecule has 0 amide bonds. The van der Waals surface area contributed by atoms with Crippen LogP contribution >= 0.6 is 0 Å². The van der Waals surface area contributed by atoms with Crippen molar-refractivity contribution in [2.75, 3.05) is 20.1 Å². The third kappa shape index (κ3) is 3.90. The van der Waals surface area contributed by atoms with Crippen molar-refractivity contribution in [3.8, 4) is 0 Å². The fraction of sp³-hybridized carbons (Fsp3) is 0.909. The topological polar surface area (TPSA) is 27.1 Å². The molecule has 2 nitrogen and oxygen atoms in total. The Labute approximate surface area is 81.8 Å². The molecule has 0 aromatic heterocycles. The Morgan fingerprint density at radius 3 is 2.62 bits per heavy atom. The van der Waals surface area contributed by atoms with Crippen molar-refractivity contribution in [3.05, 3.63) is 0 Å². The lowest BCUT2D eigenvalue weighted by atomic mass is 9.94. The lowest BCUT2D eigenvalue weighted by Crippen LogP contribution is -2.23. The molecule has 1 aliphatic rings. The van der Waals surface area contributed by atoms with Crippen molar-refractivity contribution in [2.24, 2.45) is 5.92 Å². The average Bonchev–Trinajstić information content (AvgIpc) is 2.17. The maximum absolute atomic E-state index is 7.68. The molecule has 0 aliphatic carbocycles. The molecular weight excluding hydrogens is 160 g/mol. The van der Waals surface area contributed by atoms with Crippen LogP contribution in [-0.4, -0.2) is 30.7 Å². The molecule has 0 saturated carbocycles. The van der Waals surface area contributed by atoms with Gasteiger partial charge in [0.2, 0.25) is 0 Å². The van der Waals surface area contributed by atoms with Gasteiger partial charge in [-0.1, -0.05) is 12.8 Å². The number of nitrogens with one attached hydrogen (secondary N) is 1. The summed E-state index contributed by atoms with van der Waals surface area (Å²) in [4.78, 5) is 2.40. The summed E-state index contributed by atoms with van der Waals surface area (Å²) in [7, 11) is 2.20. The van der Waals surface area contributed by atoms with Crippen LogP contribution < -0.4 is 0 Å².